The Balaban J connectivity index is 2.09. The molecule has 158 valence electrons. The summed E-state index contributed by atoms with van der Waals surface area (Å²) in [6.07, 6.45) is 0. The van der Waals surface area contributed by atoms with Gasteiger partial charge in [0, 0.05) is 51.4 Å². The van der Waals surface area contributed by atoms with Crippen molar-refractivity contribution in [3.63, 3.8) is 0 Å². The van der Waals surface area contributed by atoms with Gasteiger partial charge in [0.05, 0.1) is 5.75 Å². The average Bonchev–Trinajstić information content (AvgIpc) is 2.71. The first-order valence-corrected chi connectivity index (χ1v) is 11.7. The predicted octanol–water partition coefficient (Wildman–Crippen LogP) is 1.01. The first-order chi connectivity index (χ1) is 13.4. The van der Waals surface area contributed by atoms with Gasteiger partial charge in [-0.05, 0) is 32.1 Å². The number of benzene rings is 1. The normalized spacial score (nSPS) is 15.7. The second-order valence-corrected chi connectivity index (χ2v) is 9.24. The van der Waals surface area contributed by atoms with Gasteiger partial charge in [-0.15, -0.1) is 0 Å². The van der Waals surface area contributed by atoms with Gasteiger partial charge in [-0.2, -0.15) is 4.31 Å². The number of hydrogen-bond acceptors (Lipinski definition) is 5. The molecule has 1 heterocycles. The first kappa shape index (κ1) is 22.8. The van der Waals surface area contributed by atoms with E-state index in [4.69, 9.17) is 0 Å². The van der Waals surface area contributed by atoms with Crippen LogP contribution in [0.25, 0.3) is 0 Å². The number of aryl methyl sites for hydroxylation is 1. The number of piperazine rings is 1. The minimum atomic E-state index is -3.37. The summed E-state index contributed by atoms with van der Waals surface area (Å²) in [5, 5.41) is 3.17. The molecule has 0 saturated carbocycles. The molecule has 1 aromatic carbocycles. The molecule has 0 bridgehead atoms. The monoisotopic (exact) mass is 410 g/mol. The lowest BCUT2D eigenvalue weighted by molar-refractivity contribution is 0.0747. The fraction of sp³-hybridized carbons (Fsp3) is 0.650. The van der Waals surface area contributed by atoms with E-state index >= 15 is 0 Å². The van der Waals surface area contributed by atoms with Gasteiger partial charge in [0.2, 0.25) is 10.0 Å². The van der Waals surface area contributed by atoms with Crippen LogP contribution < -0.4 is 5.32 Å². The van der Waals surface area contributed by atoms with Gasteiger partial charge >= 0.3 is 0 Å². The van der Waals surface area contributed by atoms with Crippen LogP contribution in [0.5, 0.6) is 0 Å². The third-order valence-electron chi connectivity index (χ3n) is 5.22. The Morgan fingerprint density at radius 3 is 2.39 bits per heavy atom. The molecule has 28 heavy (non-hydrogen) atoms. The Kier molecular flexibility index (Phi) is 8.88. The Morgan fingerprint density at radius 1 is 1.11 bits per heavy atom. The van der Waals surface area contributed by atoms with E-state index in [1.54, 1.807) is 11.0 Å². The van der Waals surface area contributed by atoms with Crippen molar-refractivity contribution in [3.05, 3.63) is 35.4 Å². The summed E-state index contributed by atoms with van der Waals surface area (Å²) >= 11 is 0. The molecule has 0 aromatic heterocycles. The predicted molar refractivity (Wildman–Crippen MR) is 113 cm³/mol. The van der Waals surface area contributed by atoms with Crippen LogP contribution in [0.15, 0.2) is 24.3 Å². The van der Waals surface area contributed by atoms with Gasteiger partial charge in [-0.3, -0.25) is 4.79 Å². The zero-order valence-corrected chi connectivity index (χ0v) is 18.2. The Morgan fingerprint density at radius 2 is 1.79 bits per heavy atom. The van der Waals surface area contributed by atoms with Crippen LogP contribution in [-0.4, -0.2) is 93.1 Å². The van der Waals surface area contributed by atoms with E-state index in [1.165, 1.54) is 4.31 Å². The van der Waals surface area contributed by atoms with E-state index in [9.17, 15) is 13.2 Å². The smallest absolute Gasteiger partial charge is 0.253 e. The summed E-state index contributed by atoms with van der Waals surface area (Å²) < 4.78 is 26.9. The number of nitrogens with zero attached hydrogens (tertiary/aromatic N) is 3. The number of carbonyl (C=O) groups excluding carboxylic acids is 1. The topological polar surface area (TPSA) is 73.0 Å². The second kappa shape index (κ2) is 10.9. The standard InChI is InChI=1S/C20H34N4O3S/c1-4-22(5-2)13-14-23(20(25)19-8-6-7-18(3)17-19)15-16-28(26,27)24-11-9-21-10-12-24/h6-8,17,21H,4-5,9-16H2,1-3H3. The van der Waals surface area contributed by atoms with Crippen LogP contribution in [0.1, 0.15) is 29.8 Å². The van der Waals surface area contributed by atoms with E-state index in [0.29, 0.717) is 38.3 Å². The molecule has 1 aromatic rings. The summed E-state index contributed by atoms with van der Waals surface area (Å²) in [4.78, 5) is 17.0. The number of hydrogen-bond donors (Lipinski definition) is 1. The Labute approximate surface area is 169 Å². The number of rotatable bonds is 10. The van der Waals surface area contributed by atoms with Crippen LogP contribution >= 0.6 is 0 Å². The maximum absolute atomic E-state index is 13.1. The highest BCUT2D eigenvalue weighted by atomic mass is 32.2. The van der Waals surface area contributed by atoms with Crippen molar-refractivity contribution >= 4 is 15.9 Å². The van der Waals surface area contributed by atoms with E-state index in [2.05, 4.69) is 24.1 Å². The number of nitrogens with one attached hydrogen (secondary N) is 1. The van der Waals surface area contributed by atoms with Crippen LogP contribution in [0.3, 0.4) is 0 Å². The van der Waals surface area contributed by atoms with Crippen molar-refractivity contribution in [1.29, 1.82) is 0 Å². The third kappa shape index (κ3) is 6.55. The molecule has 7 nitrogen and oxygen atoms in total. The van der Waals surface area contributed by atoms with Crippen molar-refractivity contribution in [2.75, 3.05) is 64.7 Å². The second-order valence-electron chi connectivity index (χ2n) is 7.15. The molecule has 1 fully saturated rings. The lowest BCUT2D eigenvalue weighted by Crippen LogP contribution is -2.49. The summed E-state index contributed by atoms with van der Waals surface area (Å²) in [5.41, 5.74) is 1.63. The molecule has 2 rings (SSSR count). The zero-order valence-electron chi connectivity index (χ0n) is 17.4. The van der Waals surface area contributed by atoms with E-state index in [1.807, 2.05) is 25.1 Å². The SMILES string of the molecule is CCN(CC)CCN(CCS(=O)(=O)N1CCNCC1)C(=O)c1cccc(C)c1. The van der Waals surface area contributed by atoms with E-state index < -0.39 is 10.0 Å². The van der Waals surface area contributed by atoms with Crippen molar-refractivity contribution in [3.8, 4) is 0 Å². The molecule has 0 spiro atoms. The van der Waals surface area contributed by atoms with Gasteiger partial charge < -0.3 is 15.1 Å². The molecule has 0 unspecified atom stereocenters. The maximum atomic E-state index is 13.1. The minimum absolute atomic E-state index is 0.0389. The van der Waals surface area contributed by atoms with Crippen LogP contribution in [0.4, 0.5) is 0 Å². The molecule has 1 amide bonds. The fourth-order valence-electron chi connectivity index (χ4n) is 3.35. The largest absolute Gasteiger partial charge is 0.336 e. The number of carbonyl (C=O) groups is 1. The molecule has 1 N–H and O–H groups in total. The maximum Gasteiger partial charge on any atom is 0.253 e. The number of likely N-dealkylation sites (N-methyl/N-ethyl adjacent to an activating group) is 1. The van der Waals surface area contributed by atoms with Crippen LogP contribution in [-0.2, 0) is 10.0 Å². The van der Waals surface area contributed by atoms with Crippen molar-refractivity contribution in [1.82, 2.24) is 19.4 Å². The third-order valence-corrected chi connectivity index (χ3v) is 7.07. The molecule has 0 atom stereocenters. The molecule has 1 aliphatic heterocycles. The highest BCUT2D eigenvalue weighted by Gasteiger charge is 2.26. The van der Waals surface area contributed by atoms with Crippen LogP contribution in [0.2, 0.25) is 0 Å². The highest BCUT2D eigenvalue weighted by Crippen LogP contribution is 2.10. The lowest BCUT2D eigenvalue weighted by Gasteiger charge is -2.29. The number of sulfonamides is 1. The molecular weight excluding hydrogens is 376 g/mol. The molecular formula is C20H34N4O3S. The quantitative estimate of drug-likeness (QED) is 0.623. The summed E-state index contributed by atoms with van der Waals surface area (Å²) in [7, 11) is -3.37. The zero-order chi connectivity index (χ0) is 20.6. The molecule has 0 radical (unpaired) electrons. The van der Waals surface area contributed by atoms with Gasteiger partial charge in [0.1, 0.15) is 0 Å². The Bertz CT molecular complexity index is 729. The molecule has 1 saturated heterocycles. The first-order valence-electron chi connectivity index (χ1n) is 10.1. The molecule has 1 aliphatic rings. The lowest BCUT2D eigenvalue weighted by atomic mass is 10.1. The van der Waals surface area contributed by atoms with E-state index in [-0.39, 0.29) is 18.2 Å². The average molecular weight is 411 g/mol. The minimum Gasteiger partial charge on any atom is -0.336 e. The van der Waals surface area contributed by atoms with Gasteiger partial charge in [0.15, 0.2) is 0 Å². The van der Waals surface area contributed by atoms with Crippen molar-refractivity contribution < 1.29 is 13.2 Å². The van der Waals surface area contributed by atoms with Gasteiger partial charge in [0.25, 0.3) is 5.91 Å². The Hall–Kier alpha value is -1.48. The van der Waals surface area contributed by atoms with Gasteiger partial charge in [-0.25, -0.2) is 8.42 Å². The van der Waals surface area contributed by atoms with Crippen LogP contribution in [0, 0.1) is 6.92 Å². The van der Waals surface area contributed by atoms with E-state index in [0.717, 1.165) is 25.2 Å². The van der Waals surface area contributed by atoms with Gasteiger partial charge in [-0.1, -0.05) is 31.5 Å². The summed E-state index contributed by atoms with van der Waals surface area (Å²) in [6, 6.07) is 7.47. The number of amides is 1. The fourth-order valence-corrected chi connectivity index (χ4v) is 4.80. The summed E-state index contributed by atoms with van der Waals surface area (Å²) in [5.74, 6) is -0.144. The molecule has 0 aliphatic carbocycles. The van der Waals surface area contributed by atoms with Crippen molar-refractivity contribution in [2.24, 2.45) is 0 Å². The summed E-state index contributed by atoms with van der Waals surface area (Å²) in [6.45, 7) is 11.7. The highest BCUT2D eigenvalue weighted by molar-refractivity contribution is 7.89. The molecule has 8 heteroatoms. The van der Waals surface area contributed by atoms with Crippen molar-refractivity contribution in [2.45, 2.75) is 20.8 Å².